The molecule has 0 aliphatic carbocycles. The molecule has 2 heterocycles. The Kier molecular flexibility index (Phi) is 4.50. The number of rotatable bonds is 4. The van der Waals surface area contributed by atoms with E-state index in [1.165, 1.54) is 0 Å². The second-order valence-electron chi connectivity index (χ2n) is 5.97. The van der Waals surface area contributed by atoms with Crippen LogP contribution < -0.4 is 15.5 Å². The number of benzene rings is 1. The Hall–Kier alpha value is -2.50. The summed E-state index contributed by atoms with van der Waals surface area (Å²) >= 11 is 0. The van der Waals surface area contributed by atoms with Crippen molar-refractivity contribution in [1.82, 2.24) is 15.5 Å². The molecule has 1 aromatic carbocycles. The Bertz CT molecular complexity index is 621. The smallest absolute Gasteiger partial charge is 0.315 e. The van der Waals surface area contributed by atoms with Crippen molar-refractivity contribution in [2.24, 2.45) is 0 Å². The molecule has 1 unspecified atom stereocenters. The molecule has 1 fully saturated rings. The topological polar surface area (TPSA) is 64.7 Å². The highest BCUT2D eigenvalue weighted by molar-refractivity contribution is 5.88. The Morgan fingerprint density at radius 2 is 2.09 bits per heavy atom. The lowest BCUT2D eigenvalue weighted by Crippen LogP contribution is -2.45. The molecule has 3 amide bonds. The maximum Gasteiger partial charge on any atom is 0.315 e. The average Bonchev–Trinajstić information content (AvgIpc) is 3.19. The van der Waals surface area contributed by atoms with Crippen LogP contribution in [0.15, 0.2) is 36.4 Å². The van der Waals surface area contributed by atoms with Gasteiger partial charge in [-0.15, -0.1) is 0 Å². The number of carbonyl (C=O) groups is 2. The van der Waals surface area contributed by atoms with Crippen LogP contribution in [0.3, 0.4) is 0 Å². The van der Waals surface area contributed by atoms with E-state index in [9.17, 15) is 9.59 Å². The van der Waals surface area contributed by atoms with Crippen molar-refractivity contribution in [3.05, 3.63) is 42.0 Å². The van der Waals surface area contributed by atoms with Gasteiger partial charge in [0, 0.05) is 38.9 Å². The average molecular weight is 314 g/mol. The van der Waals surface area contributed by atoms with Crippen LogP contribution in [0.4, 0.5) is 10.5 Å². The van der Waals surface area contributed by atoms with E-state index in [4.69, 9.17) is 0 Å². The Balaban J connectivity index is 1.51. The molecule has 0 saturated carbocycles. The monoisotopic (exact) mass is 314 g/mol. The third kappa shape index (κ3) is 3.64. The van der Waals surface area contributed by atoms with Gasteiger partial charge in [0.25, 0.3) is 0 Å². The minimum atomic E-state index is -0.401. The van der Waals surface area contributed by atoms with Gasteiger partial charge in [0.05, 0.1) is 0 Å². The molecule has 1 atom stereocenters. The van der Waals surface area contributed by atoms with E-state index in [0.717, 1.165) is 24.3 Å². The zero-order valence-electron chi connectivity index (χ0n) is 13.3. The molecule has 6 heteroatoms. The molecule has 2 aliphatic rings. The molecule has 0 spiro atoms. The first kappa shape index (κ1) is 15.4. The summed E-state index contributed by atoms with van der Waals surface area (Å²) in [5.41, 5.74) is 2.20. The number of likely N-dealkylation sites (tertiary alicyclic amines) is 1. The van der Waals surface area contributed by atoms with Crippen LogP contribution in [0, 0.1) is 0 Å². The summed E-state index contributed by atoms with van der Waals surface area (Å²) < 4.78 is 0. The van der Waals surface area contributed by atoms with Gasteiger partial charge in [-0.05, 0) is 24.1 Å². The fourth-order valence-electron chi connectivity index (χ4n) is 2.90. The van der Waals surface area contributed by atoms with Gasteiger partial charge in [-0.25, -0.2) is 4.79 Å². The maximum atomic E-state index is 12.0. The molecule has 122 valence electrons. The van der Waals surface area contributed by atoms with E-state index < -0.39 is 6.04 Å². The van der Waals surface area contributed by atoms with Crippen LogP contribution in [-0.4, -0.2) is 49.6 Å². The zero-order valence-corrected chi connectivity index (χ0v) is 13.3. The lowest BCUT2D eigenvalue weighted by molar-refractivity contribution is -0.128. The van der Waals surface area contributed by atoms with E-state index in [1.54, 1.807) is 11.9 Å². The van der Waals surface area contributed by atoms with Crippen LogP contribution in [0.5, 0.6) is 0 Å². The van der Waals surface area contributed by atoms with Crippen molar-refractivity contribution in [3.8, 4) is 0 Å². The molecule has 23 heavy (non-hydrogen) atoms. The second-order valence-corrected chi connectivity index (χ2v) is 5.97. The molecule has 0 bridgehead atoms. The van der Waals surface area contributed by atoms with Crippen LogP contribution in [0.2, 0.25) is 0 Å². The Morgan fingerprint density at radius 3 is 2.78 bits per heavy atom. The predicted molar refractivity (Wildman–Crippen MR) is 89.2 cm³/mol. The van der Waals surface area contributed by atoms with Gasteiger partial charge in [0.1, 0.15) is 6.04 Å². The van der Waals surface area contributed by atoms with E-state index in [2.05, 4.69) is 39.8 Å². The number of hydrogen-bond donors (Lipinski definition) is 2. The molecular formula is C17H22N4O2. The molecular weight excluding hydrogens is 292 g/mol. The van der Waals surface area contributed by atoms with E-state index in [0.29, 0.717) is 19.5 Å². The van der Waals surface area contributed by atoms with Gasteiger partial charge in [-0.1, -0.05) is 24.3 Å². The Labute approximate surface area is 136 Å². The van der Waals surface area contributed by atoms with Gasteiger partial charge in [0.2, 0.25) is 5.91 Å². The molecule has 1 saturated heterocycles. The summed E-state index contributed by atoms with van der Waals surface area (Å²) in [7, 11) is 1.75. The number of anilines is 1. The van der Waals surface area contributed by atoms with Gasteiger partial charge in [-0.3, -0.25) is 4.79 Å². The maximum absolute atomic E-state index is 12.0. The number of amides is 3. The van der Waals surface area contributed by atoms with Gasteiger partial charge < -0.3 is 20.4 Å². The first-order chi connectivity index (χ1) is 11.1. The van der Waals surface area contributed by atoms with Crippen molar-refractivity contribution in [3.63, 3.8) is 0 Å². The largest absolute Gasteiger partial charge is 0.364 e. The third-order valence-electron chi connectivity index (χ3n) is 4.28. The zero-order chi connectivity index (χ0) is 16.2. The van der Waals surface area contributed by atoms with E-state index in [1.807, 2.05) is 12.1 Å². The predicted octanol–water partition coefficient (Wildman–Crippen LogP) is 1.09. The Morgan fingerprint density at radius 1 is 1.30 bits per heavy atom. The minimum Gasteiger partial charge on any atom is -0.364 e. The van der Waals surface area contributed by atoms with Crippen LogP contribution in [0.1, 0.15) is 12.0 Å². The fraction of sp³-hybridized carbons (Fsp3) is 0.412. The summed E-state index contributed by atoms with van der Waals surface area (Å²) in [6.07, 6.45) is 4.96. The number of hydrogen-bond acceptors (Lipinski definition) is 3. The third-order valence-corrected chi connectivity index (χ3v) is 4.28. The first-order valence-corrected chi connectivity index (χ1v) is 7.92. The van der Waals surface area contributed by atoms with Gasteiger partial charge in [-0.2, -0.15) is 0 Å². The van der Waals surface area contributed by atoms with Crippen molar-refractivity contribution in [2.75, 3.05) is 31.6 Å². The first-order valence-electron chi connectivity index (χ1n) is 7.92. The van der Waals surface area contributed by atoms with Crippen molar-refractivity contribution in [1.29, 1.82) is 0 Å². The number of nitrogens with one attached hydrogen (secondary N) is 2. The highest BCUT2D eigenvalue weighted by Crippen LogP contribution is 2.18. The number of likely N-dealkylation sites (N-methyl/N-ethyl adjacent to an activating group) is 1. The number of nitrogens with zero attached hydrogens (tertiary/aromatic N) is 2. The lowest BCUT2D eigenvalue weighted by Gasteiger charge is -2.18. The molecule has 6 nitrogen and oxygen atoms in total. The minimum absolute atomic E-state index is 0.0244. The van der Waals surface area contributed by atoms with Crippen molar-refractivity contribution in [2.45, 2.75) is 19.0 Å². The number of carbonyl (C=O) groups excluding carboxylic acids is 2. The fourth-order valence-corrected chi connectivity index (χ4v) is 2.90. The van der Waals surface area contributed by atoms with E-state index in [-0.39, 0.29) is 11.9 Å². The van der Waals surface area contributed by atoms with Crippen LogP contribution in [-0.2, 0) is 11.3 Å². The molecule has 3 rings (SSSR count). The summed E-state index contributed by atoms with van der Waals surface area (Å²) in [5.74, 6) is -0.0244. The SMILES string of the molecule is CN1CCC(NC(=O)NCc2cccc(N3CC=CC3)c2)C1=O. The summed E-state index contributed by atoms with van der Waals surface area (Å²) in [5, 5.41) is 5.56. The molecule has 2 aliphatic heterocycles. The highest BCUT2D eigenvalue weighted by atomic mass is 16.2. The van der Waals surface area contributed by atoms with Gasteiger partial charge >= 0.3 is 6.03 Å². The molecule has 2 N–H and O–H groups in total. The molecule has 0 aromatic heterocycles. The normalized spacial score (nSPS) is 20.2. The standard InChI is InChI=1S/C17H22N4O2/c1-20-10-7-15(16(20)22)19-17(23)18-12-13-5-4-6-14(11-13)21-8-2-3-9-21/h2-6,11,15H,7-10,12H2,1H3,(H2,18,19,23). The van der Waals surface area contributed by atoms with Crippen molar-refractivity contribution >= 4 is 17.6 Å². The molecule has 1 aromatic rings. The lowest BCUT2D eigenvalue weighted by atomic mass is 10.2. The van der Waals surface area contributed by atoms with Crippen LogP contribution >= 0.6 is 0 Å². The number of urea groups is 1. The molecule has 0 radical (unpaired) electrons. The summed E-state index contributed by atoms with van der Waals surface area (Å²) in [6.45, 7) is 2.98. The quantitative estimate of drug-likeness (QED) is 0.818. The van der Waals surface area contributed by atoms with Crippen molar-refractivity contribution < 1.29 is 9.59 Å². The van der Waals surface area contributed by atoms with Gasteiger partial charge in [0.15, 0.2) is 0 Å². The van der Waals surface area contributed by atoms with Crippen LogP contribution in [0.25, 0.3) is 0 Å². The van der Waals surface area contributed by atoms with E-state index >= 15 is 0 Å². The second kappa shape index (κ2) is 6.73. The summed E-state index contributed by atoms with van der Waals surface area (Å²) in [4.78, 5) is 27.6. The summed E-state index contributed by atoms with van der Waals surface area (Å²) in [6, 6.07) is 7.44. The highest BCUT2D eigenvalue weighted by Gasteiger charge is 2.30.